The summed E-state index contributed by atoms with van der Waals surface area (Å²) in [6, 6.07) is 3.37. The summed E-state index contributed by atoms with van der Waals surface area (Å²) < 4.78 is 5.56. The van der Waals surface area contributed by atoms with E-state index in [1.54, 1.807) is 12.1 Å². The Morgan fingerprint density at radius 2 is 1.62 bits per heavy atom. The topological polar surface area (TPSA) is 78.3 Å². The number of ether oxygens (including phenoxy) is 1. The quantitative estimate of drug-likeness (QED) is 0.644. The highest BCUT2D eigenvalue weighted by atomic mass is 16.5. The van der Waals surface area contributed by atoms with Gasteiger partial charge in [0.1, 0.15) is 6.10 Å². The molecule has 21 heavy (non-hydrogen) atoms. The fourth-order valence-electron chi connectivity index (χ4n) is 3.07. The van der Waals surface area contributed by atoms with Crippen molar-refractivity contribution in [1.29, 1.82) is 0 Å². The fourth-order valence-corrected chi connectivity index (χ4v) is 3.07. The maximum Gasteiger partial charge on any atom is 0.338 e. The van der Waals surface area contributed by atoms with Gasteiger partial charge in [-0.2, -0.15) is 0 Å². The van der Waals surface area contributed by atoms with Crippen LogP contribution in [0.15, 0.2) is 12.1 Å². The van der Waals surface area contributed by atoms with Gasteiger partial charge in [0.05, 0.1) is 5.56 Å². The van der Waals surface area contributed by atoms with E-state index in [2.05, 4.69) is 20.8 Å². The second kappa shape index (κ2) is 5.96. The number of carbonyl (C=O) groups excluding carboxylic acids is 1. The van der Waals surface area contributed by atoms with Gasteiger partial charge in [-0.1, -0.05) is 27.2 Å². The van der Waals surface area contributed by atoms with Gasteiger partial charge in [0, 0.05) is 16.9 Å². The van der Waals surface area contributed by atoms with Crippen molar-refractivity contribution >= 4 is 17.3 Å². The van der Waals surface area contributed by atoms with E-state index in [1.165, 1.54) is 6.42 Å². The SMILES string of the molecule is CC(C)(C)c1c(N)cc(C(=O)OC2CCCCC2)cc1N. The molecular weight excluding hydrogens is 264 g/mol. The first-order valence-corrected chi connectivity index (χ1v) is 7.69. The van der Waals surface area contributed by atoms with Crippen LogP contribution < -0.4 is 11.5 Å². The van der Waals surface area contributed by atoms with Gasteiger partial charge >= 0.3 is 5.97 Å². The number of rotatable bonds is 2. The molecule has 0 aromatic heterocycles. The van der Waals surface area contributed by atoms with Crippen LogP contribution in [0.4, 0.5) is 11.4 Å². The van der Waals surface area contributed by atoms with E-state index in [1.807, 2.05) is 0 Å². The number of anilines is 2. The molecule has 0 unspecified atom stereocenters. The van der Waals surface area contributed by atoms with Crippen LogP contribution in [-0.4, -0.2) is 12.1 Å². The minimum atomic E-state index is -0.319. The van der Waals surface area contributed by atoms with Crippen molar-refractivity contribution in [3.63, 3.8) is 0 Å². The van der Waals surface area contributed by atoms with Crippen molar-refractivity contribution in [3.05, 3.63) is 23.3 Å². The van der Waals surface area contributed by atoms with Crippen molar-refractivity contribution in [1.82, 2.24) is 0 Å². The standard InChI is InChI=1S/C17H26N2O2/c1-17(2,3)15-13(18)9-11(10-14(15)19)16(20)21-12-7-5-4-6-8-12/h9-10,12H,4-8,18-19H2,1-3H3. The maximum atomic E-state index is 12.2. The van der Waals surface area contributed by atoms with E-state index in [-0.39, 0.29) is 17.5 Å². The average Bonchev–Trinajstić information content (AvgIpc) is 2.37. The summed E-state index contributed by atoms with van der Waals surface area (Å²) in [6.45, 7) is 6.15. The highest BCUT2D eigenvalue weighted by Gasteiger charge is 2.24. The van der Waals surface area contributed by atoms with E-state index in [4.69, 9.17) is 16.2 Å². The lowest BCUT2D eigenvalue weighted by molar-refractivity contribution is 0.0211. The average molecular weight is 290 g/mol. The van der Waals surface area contributed by atoms with Crippen LogP contribution in [0.25, 0.3) is 0 Å². The summed E-state index contributed by atoms with van der Waals surface area (Å²) in [4.78, 5) is 12.2. The van der Waals surface area contributed by atoms with Gasteiger partial charge in [-0.25, -0.2) is 4.79 Å². The summed E-state index contributed by atoms with van der Waals surface area (Å²) in [5.41, 5.74) is 14.5. The first kappa shape index (κ1) is 15.7. The number of hydrogen-bond acceptors (Lipinski definition) is 4. The molecule has 0 aliphatic heterocycles. The van der Waals surface area contributed by atoms with Crippen LogP contribution in [0.1, 0.15) is 68.8 Å². The second-order valence-electron chi connectivity index (χ2n) is 6.95. The van der Waals surface area contributed by atoms with Crippen LogP contribution in [0.2, 0.25) is 0 Å². The lowest BCUT2D eigenvalue weighted by atomic mass is 9.84. The largest absolute Gasteiger partial charge is 0.459 e. The molecule has 0 atom stereocenters. The fraction of sp³-hybridized carbons (Fsp3) is 0.588. The molecule has 0 saturated heterocycles. The minimum absolute atomic E-state index is 0.0380. The third-order valence-corrected chi connectivity index (χ3v) is 4.01. The molecule has 1 aliphatic rings. The molecule has 4 heteroatoms. The van der Waals surface area contributed by atoms with Crippen LogP contribution in [0, 0.1) is 0 Å². The predicted molar refractivity (Wildman–Crippen MR) is 86.3 cm³/mol. The third-order valence-electron chi connectivity index (χ3n) is 4.01. The monoisotopic (exact) mass is 290 g/mol. The second-order valence-corrected chi connectivity index (χ2v) is 6.95. The normalized spacial score (nSPS) is 16.7. The van der Waals surface area contributed by atoms with Crippen LogP contribution in [-0.2, 0) is 10.2 Å². The Morgan fingerprint density at radius 1 is 1.10 bits per heavy atom. The van der Waals surface area contributed by atoms with Crippen molar-refractivity contribution in [2.24, 2.45) is 0 Å². The first-order valence-electron chi connectivity index (χ1n) is 7.69. The number of nitrogens with two attached hydrogens (primary N) is 2. The van der Waals surface area contributed by atoms with Crippen LogP contribution in [0.3, 0.4) is 0 Å². The molecule has 1 saturated carbocycles. The van der Waals surface area contributed by atoms with Crippen LogP contribution in [0.5, 0.6) is 0 Å². The molecule has 1 aromatic carbocycles. The molecule has 4 N–H and O–H groups in total. The molecule has 2 rings (SSSR count). The third kappa shape index (κ3) is 3.69. The summed E-state index contributed by atoms with van der Waals surface area (Å²) in [5.74, 6) is -0.319. The van der Waals surface area contributed by atoms with Gasteiger partial charge in [-0.05, 0) is 43.2 Å². The van der Waals surface area contributed by atoms with Gasteiger partial charge in [0.15, 0.2) is 0 Å². The van der Waals surface area contributed by atoms with Crippen molar-refractivity contribution in [3.8, 4) is 0 Å². The van der Waals surface area contributed by atoms with Gasteiger partial charge in [-0.3, -0.25) is 0 Å². The summed E-state index contributed by atoms with van der Waals surface area (Å²) in [6.07, 6.45) is 5.44. The van der Waals surface area contributed by atoms with Crippen LogP contribution >= 0.6 is 0 Å². The lowest BCUT2D eigenvalue weighted by Crippen LogP contribution is -2.22. The number of carbonyl (C=O) groups is 1. The van der Waals surface area contributed by atoms with Gasteiger partial charge in [0.25, 0.3) is 0 Å². The number of esters is 1. The summed E-state index contributed by atoms with van der Waals surface area (Å²) in [7, 11) is 0. The molecular formula is C17H26N2O2. The number of nitrogen functional groups attached to an aromatic ring is 2. The van der Waals surface area contributed by atoms with Gasteiger partial charge < -0.3 is 16.2 Å². The molecule has 1 aliphatic carbocycles. The lowest BCUT2D eigenvalue weighted by Gasteiger charge is -2.25. The van der Waals surface area contributed by atoms with Gasteiger partial charge in [-0.15, -0.1) is 0 Å². The van der Waals surface area contributed by atoms with Gasteiger partial charge in [0.2, 0.25) is 0 Å². The Morgan fingerprint density at radius 3 is 2.10 bits per heavy atom. The molecule has 4 nitrogen and oxygen atoms in total. The van der Waals surface area contributed by atoms with Crippen molar-refractivity contribution in [2.45, 2.75) is 64.4 Å². The maximum absolute atomic E-state index is 12.2. The Labute approximate surface area is 126 Å². The zero-order valence-electron chi connectivity index (χ0n) is 13.2. The Kier molecular flexibility index (Phi) is 4.45. The minimum Gasteiger partial charge on any atom is -0.459 e. The number of benzene rings is 1. The molecule has 116 valence electrons. The molecule has 0 radical (unpaired) electrons. The van der Waals surface area contributed by atoms with E-state index in [9.17, 15) is 4.79 Å². The van der Waals surface area contributed by atoms with Crippen molar-refractivity contribution < 1.29 is 9.53 Å². The van der Waals surface area contributed by atoms with E-state index in [0.717, 1.165) is 31.2 Å². The zero-order valence-corrected chi connectivity index (χ0v) is 13.2. The molecule has 0 heterocycles. The van der Waals surface area contributed by atoms with E-state index >= 15 is 0 Å². The van der Waals surface area contributed by atoms with E-state index in [0.29, 0.717) is 16.9 Å². The Bertz CT molecular complexity index is 503. The van der Waals surface area contributed by atoms with Crippen molar-refractivity contribution in [2.75, 3.05) is 11.5 Å². The smallest absolute Gasteiger partial charge is 0.338 e. The molecule has 0 spiro atoms. The Hall–Kier alpha value is -1.71. The molecule has 0 bridgehead atoms. The Balaban J connectivity index is 2.18. The zero-order chi connectivity index (χ0) is 15.6. The highest BCUT2D eigenvalue weighted by Crippen LogP contribution is 2.34. The first-order chi connectivity index (χ1) is 9.79. The highest BCUT2D eigenvalue weighted by molar-refractivity contribution is 5.92. The molecule has 0 amide bonds. The molecule has 1 fully saturated rings. The summed E-state index contributed by atoms with van der Waals surface area (Å²) in [5, 5.41) is 0. The molecule has 1 aromatic rings. The number of hydrogen-bond donors (Lipinski definition) is 2. The predicted octanol–water partition coefficient (Wildman–Crippen LogP) is 3.64. The summed E-state index contributed by atoms with van der Waals surface area (Å²) >= 11 is 0. The van der Waals surface area contributed by atoms with E-state index < -0.39 is 0 Å².